The molecule has 3 aromatic heterocycles. The van der Waals surface area contributed by atoms with Gasteiger partial charge >= 0.3 is 0 Å². The fourth-order valence-electron chi connectivity index (χ4n) is 5.83. The minimum absolute atomic E-state index is 1.07. The molecule has 1 N–H and O–H groups in total. The molecule has 168 valence electrons. The highest BCUT2D eigenvalue weighted by atomic mass is 15.0. The topological polar surface area (TPSA) is 33.6 Å². The van der Waals surface area contributed by atoms with E-state index in [1.807, 2.05) is 18.5 Å². The molecule has 3 nitrogen and oxygen atoms in total. The zero-order chi connectivity index (χ0) is 23.6. The zero-order valence-electron chi connectivity index (χ0n) is 19.4. The summed E-state index contributed by atoms with van der Waals surface area (Å²) in [6, 6.07) is 39.3. The molecule has 0 fully saturated rings. The number of nitrogens with zero attached hydrogens (tertiary/aromatic N) is 2. The second kappa shape index (κ2) is 7.30. The van der Waals surface area contributed by atoms with E-state index < -0.39 is 0 Å². The van der Waals surface area contributed by atoms with Crippen LogP contribution in [0.2, 0.25) is 0 Å². The van der Waals surface area contributed by atoms with Crippen LogP contribution in [0.15, 0.2) is 122 Å². The fourth-order valence-corrected chi connectivity index (χ4v) is 5.83. The van der Waals surface area contributed by atoms with E-state index in [1.165, 1.54) is 65.5 Å². The summed E-state index contributed by atoms with van der Waals surface area (Å²) in [6.45, 7) is 0. The number of pyridine rings is 1. The third-order valence-corrected chi connectivity index (χ3v) is 7.41. The Morgan fingerprint density at radius 3 is 2.17 bits per heavy atom. The molecule has 0 radical (unpaired) electrons. The number of para-hydroxylation sites is 2. The van der Waals surface area contributed by atoms with Crippen molar-refractivity contribution in [3.05, 3.63) is 122 Å². The Balaban J connectivity index is 1.47. The first-order valence-corrected chi connectivity index (χ1v) is 12.2. The average Bonchev–Trinajstić information content (AvgIpc) is 3.49. The molecule has 0 amide bonds. The smallest absolute Gasteiger partial charge is 0.0645 e. The van der Waals surface area contributed by atoms with Gasteiger partial charge in [0.15, 0.2) is 0 Å². The summed E-state index contributed by atoms with van der Waals surface area (Å²) in [7, 11) is 0. The maximum Gasteiger partial charge on any atom is 0.0645 e. The van der Waals surface area contributed by atoms with Crippen molar-refractivity contribution in [1.82, 2.24) is 14.5 Å². The van der Waals surface area contributed by atoms with Gasteiger partial charge in [-0.3, -0.25) is 4.98 Å². The van der Waals surface area contributed by atoms with Gasteiger partial charge in [-0.25, -0.2) is 0 Å². The van der Waals surface area contributed by atoms with E-state index in [-0.39, 0.29) is 0 Å². The second-order valence-corrected chi connectivity index (χ2v) is 9.36. The average molecular weight is 460 g/mol. The summed E-state index contributed by atoms with van der Waals surface area (Å²) in [4.78, 5) is 8.04. The Morgan fingerprint density at radius 1 is 0.556 bits per heavy atom. The van der Waals surface area contributed by atoms with Crippen LogP contribution in [0.4, 0.5) is 0 Å². The summed E-state index contributed by atoms with van der Waals surface area (Å²) < 4.78 is 2.31. The molecule has 8 rings (SSSR count). The number of aromatic nitrogens is 3. The van der Waals surface area contributed by atoms with Crippen LogP contribution in [-0.4, -0.2) is 14.5 Å². The lowest BCUT2D eigenvalue weighted by Gasteiger charge is -2.10. The maximum absolute atomic E-state index is 4.38. The van der Waals surface area contributed by atoms with Crippen LogP contribution in [-0.2, 0) is 0 Å². The zero-order valence-corrected chi connectivity index (χ0v) is 19.4. The van der Waals surface area contributed by atoms with Gasteiger partial charge in [-0.15, -0.1) is 0 Å². The van der Waals surface area contributed by atoms with E-state index in [1.54, 1.807) is 0 Å². The summed E-state index contributed by atoms with van der Waals surface area (Å²) in [5, 5.41) is 7.52. The van der Waals surface area contributed by atoms with Crippen molar-refractivity contribution in [2.75, 3.05) is 0 Å². The predicted molar refractivity (Wildman–Crippen MR) is 151 cm³/mol. The van der Waals surface area contributed by atoms with Crippen molar-refractivity contribution >= 4 is 54.4 Å². The standard InChI is InChI=1S/C33H21N3/c1-2-12-26-23(9-1)27(19-29-24-10-3-5-13-30(24)35-33(26)29)21-15-16-32-28(18-21)25-11-4-6-14-31(25)36(32)22-8-7-17-34-20-22/h1-20,35H. The molecule has 3 heteroatoms. The molecule has 0 aliphatic heterocycles. The Labute approximate surface area is 207 Å². The summed E-state index contributed by atoms with van der Waals surface area (Å²) in [5.41, 5.74) is 8.29. The van der Waals surface area contributed by atoms with Gasteiger partial charge in [-0.2, -0.15) is 0 Å². The van der Waals surface area contributed by atoms with Crippen LogP contribution in [0.5, 0.6) is 0 Å². The summed E-state index contributed by atoms with van der Waals surface area (Å²) in [5.74, 6) is 0. The Bertz CT molecular complexity index is 2100. The number of hydrogen-bond acceptors (Lipinski definition) is 1. The van der Waals surface area contributed by atoms with Crippen LogP contribution in [0, 0.1) is 0 Å². The van der Waals surface area contributed by atoms with Gasteiger partial charge in [-0.1, -0.05) is 66.7 Å². The van der Waals surface area contributed by atoms with Gasteiger partial charge in [0.05, 0.1) is 28.4 Å². The SMILES string of the molecule is c1cncc(-n2c3ccccc3c3cc(-c4cc5c6ccccc6[nH]c5c5ccccc45)ccc32)c1. The number of rotatable bonds is 2. The molecule has 0 saturated carbocycles. The van der Waals surface area contributed by atoms with Crippen LogP contribution >= 0.6 is 0 Å². The highest BCUT2D eigenvalue weighted by molar-refractivity contribution is 6.21. The first-order valence-electron chi connectivity index (χ1n) is 12.2. The molecule has 0 bridgehead atoms. The third kappa shape index (κ3) is 2.65. The normalized spacial score (nSPS) is 11.9. The van der Waals surface area contributed by atoms with Gasteiger partial charge in [0, 0.05) is 38.6 Å². The Kier molecular flexibility index (Phi) is 3.94. The molecule has 36 heavy (non-hydrogen) atoms. The third-order valence-electron chi connectivity index (χ3n) is 7.41. The first-order chi connectivity index (χ1) is 17.9. The number of H-pyrrole nitrogens is 1. The van der Waals surface area contributed by atoms with Crippen molar-refractivity contribution in [3.63, 3.8) is 0 Å². The van der Waals surface area contributed by atoms with Crippen molar-refractivity contribution < 1.29 is 0 Å². The van der Waals surface area contributed by atoms with Gasteiger partial charge in [-0.05, 0) is 59.0 Å². The van der Waals surface area contributed by atoms with E-state index in [0.29, 0.717) is 0 Å². The largest absolute Gasteiger partial charge is 0.354 e. The lowest BCUT2D eigenvalue weighted by molar-refractivity contribution is 1.14. The maximum atomic E-state index is 4.38. The minimum atomic E-state index is 1.07. The lowest BCUT2D eigenvalue weighted by Crippen LogP contribution is -1.93. The van der Waals surface area contributed by atoms with Gasteiger partial charge in [0.1, 0.15) is 0 Å². The van der Waals surface area contributed by atoms with Crippen LogP contribution in [0.3, 0.4) is 0 Å². The molecule has 5 aromatic carbocycles. The molecular weight excluding hydrogens is 438 g/mol. The summed E-state index contributed by atoms with van der Waals surface area (Å²) in [6.07, 6.45) is 3.75. The van der Waals surface area contributed by atoms with Crippen molar-refractivity contribution in [2.45, 2.75) is 0 Å². The van der Waals surface area contributed by atoms with Gasteiger partial charge < -0.3 is 9.55 Å². The lowest BCUT2D eigenvalue weighted by atomic mass is 9.94. The van der Waals surface area contributed by atoms with Crippen LogP contribution in [0.25, 0.3) is 71.2 Å². The van der Waals surface area contributed by atoms with E-state index in [4.69, 9.17) is 0 Å². The molecule has 0 saturated heterocycles. The molecule has 0 unspecified atom stereocenters. The van der Waals surface area contributed by atoms with Crippen LogP contribution < -0.4 is 0 Å². The Morgan fingerprint density at radius 2 is 1.31 bits per heavy atom. The van der Waals surface area contributed by atoms with Gasteiger partial charge in [0.25, 0.3) is 0 Å². The number of hydrogen-bond donors (Lipinski definition) is 1. The van der Waals surface area contributed by atoms with Crippen molar-refractivity contribution in [2.24, 2.45) is 0 Å². The van der Waals surface area contributed by atoms with E-state index in [9.17, 15) is 0 Å². The van der Waals surface area contributed by atoms with E-state index in [0.717, 1.165) is 5.69 Å². The molecule has 0 aliphatic rings. The molecule has 8 aromatic rings. The molecule has 0 spiro atoms. The second-order valence-electron chi connectivity index (χ2n) is 9.36. The number of nitrogens with one attached hydrogen (secondary N) is 1. The molecule has 0 atom stereocenters. The molecular formula is C33H21N3. The molecule has 3 heterocycles. The van der Waals surface area contributed by atoms with Gasteiger partial charge in [0.2, 0.25) is 0 Å². The van der Waals surface area contributed by atoms with E-state index >= 15 is 0 Å². The highest BCUT2D eigenvalue weighted by Gasteiger charge is 2.16. The van der Waals surface area contributed by atoms with Crippen molar-refractivity contribution in [1.29, 1.82) is 0 Å². The quantitative estimate of drug-likeness (QED) is 0.276. The highest BCUT2D eigenvalue weighted by Crippen LogP contribution is 2.40. The first kappa shape index (κ1) is 19.4. The molecule has 0 aliphatic carbocycles. The number of aromatic amines is 1. The Hall–Kier alpha value is -4.89. The monoisotopic (exact) mass is 459 g/mol. The predicted octanol–water partition coefficient (Wildman–Crippen LogP) is 8.63. The number of fused-ring (bicyclic) bond motifs is 8. The van der Waals surface area contributed by atoms with Crippen molar-refractivity contribution in [3.8, 4) is 16.8 Å². The fraction of sp³-hybridized carbons (Fsp3) is 0. The summed E-state index contributed by atoms with van der Waals surface area (Å²) >= 11 is 0. The van der Waals surface area contributed by atoms with Crippen LogP contribution in [0.1, 0.15) is 0 Å². The van der Waals surface area contributed by atoms with E-state index in [2.05, 4.69) is 118 Å². The minimum Gasteiger partial charge on any atom is -0.354 e. The number of benzene rings is 5.